The highest BCUT2D eigenvalue weighted by Gasteiger charge is 2.32. The Morgan fingerprint density at radius 3 is 2.57 bits per heavy atom. The minimum Gasteiger partial charge on any atom is -0.474 e. The molecule has 0 spiro atoms. The van der Waals surface area contributed by atoms with E-state index in [2.05, 4.69) is 25.5 Å². The van der Waals surface area contributed by atoms with Crippen molar-refractivity contribution in [3.05, 3.63) is 53.5 Å². The first-order chi connectivity index (χ1) is 17.7. The molecular weight excluding hydrogens is 470 g/mol. The van der Waals surface area contributed by atoms with Crippen LogP contribution < -0.4 is 25.2 Å². The van der Waals surface area contributed by atoms with Crippen LogP contribution in [0.1, 0.15) is 37.6 Å². The van der Waals surface area contributed by atoms with E-state index in [0.717, 1.165) is 46.8 Å². The maximum Gasteiger partial charge on any atom is 0.415 e. The molecule has 0 atom stereocenters. The first-order valence-electron chi connectivity index (χ1n) is 12.5. The van der Waals surface area contributed by atoms with Gasteiger partial charge in [-0.2, -0.15) is 0 Å². The Morgan fingerprint density at radius 1 is 1.08 bits per heavy atom. The lowest BCUT2D eigenvalue weighted by Crippen LogP contribution is -2.42. The van der Waals surface area contributed by atoms with Gasteiger partial charge in [0.25, 0.3) is 0 Å². The molecule has 2 N–H and O–H groups in total. The van der Waals surface area contributed by atoms with Crippen molar-refractivity contribution in [1.82, 2.24) is 15.0 Å². The summed E-state index contributed by atoms with van der Waals surface area (Å²) in [6, 6.07) is 7.97. The van der Waals surface area contributed by atoms with Crippen LogP contribution in [-0.2, 0) is 17.7 Å². The summed E-state index contributed by atoms with van der Waals surface area (Å²) in [5.74, 6) is 1.01. The van der Waals surface area contributed by atoms with Gasteiger partial charge in [0.15, 0.2) is 0 Å². The number of hydrogen-bond donors (Lipinski definition) is 2. The third-order valence-corrected chi connectivity index (χ3v) is 6.40. The van der Waals surface area contributed by atoms with Gasteiger partial charge in [0, 0.05) is 36.7 Å². The molecule has 5 rings (SSSR count). The number of nitrogens with zero attached hydrogens (tertiary/aromatic N) is 5. The summed E-state index contributed by atoms with van der Waals surface area (Å²) in [5, 5.41) is 6.41. The first-order valence-corrected chi connectivity index (χ1v) is 12.5. The number of carbonyl (C=O) groups is 1. The fraction of sp³-hybridized carbons (Fsp3) is 0.407. The third-order valence-electron chi connectivity index (χ3n) is 6.40. The molecule has 0 fully saturated rings. The minimum atomic E-state index is -0.592. The number of anilines is 5. The van der Waals surface area contributed by atoms with Crippen molar-refractivity contribution in [2.24, 2.45) is 0 Å². The number of nitrogens with one attached hydrogen (secondary N) is 2. The van der Waals surface area contributed by atoms with Gasteiger partial charge in [0.05, 0.1) is 30.7 Å². The molecule has 2 aliphatic heterocycles. The van der Waals surface area contributed by atoms with E-state index in [4.69, 9.17) is 14.5 Å². The van der Waals surface area contributed by atoms with Crippen molar-refractivity contribution in [2.75, 3.05) is 47.2 Å². The average molecular weight is 504 g/mol. The molecule has 10 heteroatoms. The lowest BCUT2D eigenvalue weighted by molar-refractivity contribution is 0.0566. The van der Waals surface area contributed by atoms with Crippen molar-refractivity contribution in [3.8, 4) is 5.88 Å². The van der Waals surface area contributed by atoms with E-state index in [1.54, 1.807) is 4.90 Å². The number of fused-ring (bicyclic) bond motifs is 2. The molecule has 0 aliphatic carbocycles. The maximum absolute atomic E-state index is 13.0. The molecular formula is C27H33N7O3. The standard InChI is InChI=1S/C27H33N7O3/c1-17-22(15-29-24-23(17)34(12-13-36-24)26(35)37-27(2,3)4)33-11-10-18-14-30-25(32-21(18)16-33)31-20-8-6-19(28-5)7-9-20/h6-9,14-15,28H,10-13,16H2,1-5H3,(H,30,31,32). The third kappa shape index (κ3) is 5.23. The monoisotopic (exact) mass is 503 g/mol. The number of carbonyl (C=O) groups excluding carboxylic acids is 1. The van der Waals surface area contributed by atoms with Crippen molar-refractivity contribution >= 4 is 34.8 Å². The van der Waals surface area contributed by atoms with Crippen LogP contribution in [-0.4, -0.2) is 53.4 Å². The zero-order valence-electron chi connectivity index (χ0n) is 22.0. The van der Waals surface area contributed by atoms with Gasteiger partial charge in [-0.3, -0.25) is 4.90 Å². The number of hydrogen-bond acceptors (Lipinski definition) is 9. The number of benzene rings is 1. The smallest absolute Gasteiger partial charge is 0.415 e. The normalized spacial score (nSPS) is 14.8. The van der Waals surface area contributed by atoms with E-state index < -0.39 is 11.7 Å². The fourth-order valence-corrected chi connectivity index (χ4v) is 4.57. The van der Waals surface area contributed by atoms with Crippen molar-refractivity contribution in [2.45, 2.75) is 46.3 Å². The van der Waals surface area contributed by atoms with E-state index in [9.17, 15) is 4.79 Å². The van der Waals surface area contributed by atoms with Crippen molar-refractivity contribution in [3.63, 3.8) is 0 Å². The number of aromatic nitrogens is 3. The molecule has 3 aromatic rings. The van der Waals surface area contributed by atoms with Gasteiger partial charge in [-0.1, -0.05) is 0 Å². The summed E-state index contributed by atoms with van der Waals surface area (Å²) in [6.07, 6.45) is 4.14. The Labute approximate surface area is 217 Å². The zero-order valence-corrected chi connectivity index (χ0v) is 22.0. The molecule has 2 aliphatic rings. The van der Waals surface area contributed by atoms with Crippen molar-refractivity contribution in [1.29, 1.82) is 0 Å². The molecule has 4 heterocycles. The van der Waals surface area contributed by atoms with Gasteiger partial charge >= 0.3 is 6.09 Å². The Hall–Kier alpha value is -4.08. The van der Waals surface area contributed by atoms with Crippen LogP contribution in [0.4, 0.5) is 33.5 Å². The molecule has 1 amide bonds. The van der Waals surface area contributed by atoms with Gasteiger partial charge in [-0.15, -0.1) is 0 Å². The van der Waals surface area contributed by atoms with E-state index in [-0.39, 0.29) is 0 Å². The molecule has 2 aromatic heterocycles. The minimum absolute atomic E-state index is 0.375. The van der Waals surface area contributed by atoms with Crippen LogP contribution in [0.25, 0.3) is 0 Å². The average Bonchev–Trinajstić information content (AvgIpc) is 2.87. The Kier molecular flexibility index (Phi) is 6.49. The summed E-state index contributed by atoms with van der Waals surface area (Å²) < 4.78 is 11.4. The number of amides is 1. The highest BCUT2D eigenvalue weighted by Crippen LogP contribution is 2.39. The van der Waals surface area contributed by atoms with Gasteiger partial charge in [0.1, 0.15) is 17.9 Å². The lowest BCUT2D eigenvalue weighted by atomic mass is 10.0. The van der Waals surface area contributed by atoms with Crippen LogP contribution in [0.15, 0.2) is 36.7 Å². The molecule has 194 valence electrons. The highest BCUT2D eigenvalue weighted by atomic mass is 16.6. The van der Waals surface area contributed by atoms with E-state index in [1.807, 2.05) is 71.4 Å². The summed E-state index contributed by atoms with van der Waals surface area (Å²) in [7, 11) is 1.89. The second-order valence-electron chi connectivity index (χ2n) is 10.2. The number of pyridine rings is 1. The summed E-state index contributed by atoms with van der Waals surface area (Å²) in [5.41, 5.74) is 6.00. The SMILES string of the molecule is CNc1ccc(Nc2ncc3c(n2)CN(c2cnc4c(c2C)N(C(=O)OC(C)(C)C)CCO4)CC3)cc1. The molecule has 0 unspecified atom stereocenters. The van der Waals surface area contributed by atoms with Gasteiger partial charge in [0.2, 0.25) is 11.8 Å². The molecule has 0 bridgehead atoms. The van der Waals surface area contributed by atoms with E-state index >= 15 is 0 Å². The zero-order chi connectivity index (χ0) is 26.2. The van der Waals surface area contributed by atoms with Crippen molar-refractivity contribution < 1.29 is 14.3 Å². The van der Waals surface area contributed by atoms with Crippen LogP contribution in [0.2, 0.25) is 0 Å². The van der Waals surface area contributed by atoms with Gasteiger partial charge in [-0.05, 0) is 63.9 Å². The van der Waals surface area contributed by atoms with Gasteiger partial charge in [-0.25, -0.2) is 19.7 Å². The molecule has 37 heavy (non-hydrogen) atoms. The molecule has 1 aromatic carbocycles. The van der Waals surface area contributed by atoms with E-state index in [1.165, 1.54) is 0 Å². The predicted octanol–water partition coefficient (Wildman–Crippen LogP) is 4.66. The Balaban J connectivity index is 1.39. The maximum atomic E-state index is 13.0. The second-order valence-corrected chi connectivity index (χ2v) is 10.2. The summed E-state index contributed by atoms with van der Waals surface area (Å²) in [6.45, 7) is 9.78. The molecule has 10 nitrogen and oxygen atoms in total. The largest absolute Gasteiger partial charge is 0.474 e. The number of rotatable bonds is 4. The first kappa shape index (κ1) is 24.6. The predicted molar refractivity (Wildman–Crippen MR) is 144 cm³/mol. The van der Waals surface area contributed by atoms with Crippen LogP contribution >= 0.6 is 0 Å². The summed E-state index contributed by atoms with van der Waals surface area (Å²) in [4.78, 5) is 30.8. The lowest BCUT2D eigenvalue weighted by Gasteiger charge is -2.35. The molecule has 0 radical (unpaired) electrons. The highest BCUT2D eigenvalue weighted by molar-refractivity contribution is 5.92. The number of ether oxygens (including phenoxy) is 2. The Bertz CT molecular complexity index is 1300. The topological polar surface area (TPSA) is 105 Å². The van der Waals surface area contributed by atoms with Crippen LogP contribution in [0.5, 0.6) is 5.88 Å². The van der Waals surface area contributed by atoms with Crippen LogP contribution in [0, 0.1) is 6.92 Å². The Morgan fingerprint density at radius 2 is 1.84 bits per heavy atom. The fourth-order valence-electron chi connectivity index (χ4n) is 4.57. The molecule has 0 saturated heterocycles. The summed E-state index contributed by atoms with van der Waals surface area (Å²) >= 11 is 0. The van der Waals surface area contributed by atoms with E-state index in [0.29, 0.717) is 37.2 Å². The van der Waals surface area contributed by atoms with Crippen LogP contribution in [0.3, 0.4) is 0 Å². The quantitative estimate of drug-likeness (QED) is 0.526. The molecule has 0 saturated carbocycles. The second kappa shape index (κ2) is 9.76. The van der Waals surface area contributed by atoms with Gasteiger partial charge < -0.3 is 25.0 Å².